The van der Waals surface area contributed by atoms with Gasteiger partial charge in [0, 0.05) is 12.2 Å². The summed E-state index contributed by atoms with van der Waals surface area (Å²) in [5, 5.41) is 0. The van der Waals surface area contributed by atoms with Crippen molar-refractivity contribution >= 4 is 17.6 Å². The van der Waals surface area contributed by atoms with E-state index in [1.165, 1.54) is 5.56 Å². The summed E-state index contributed by atoms with van der Waals surface area (Å²) >= 11 is 0. The van der Waals surface area contributed by atoms with Gasteiger partial charge >= 0.3 is 5.97 Å². The van der Waals surface area contributed by atoms with Crippen molar-refractivity contribution in [3.8, 4) is 0 Å². The highest BCUT2D eigenvalue weighted by Crippen LogP contribution is 2.43. The number of amides is 1. The Bertz CT molecular complexity index is 651. The maximum absolute atomic E-state index is 12.3. The standard InChI is InChI=1S/C18H19NO3/c20-17(19-8-7-13-3-1-2-4-16(13)19)11-22-18(21)15-10-12-5-6-14(15)9-12/h1-6,12,14-15H,7-11H2. The average Bonchev–Trinajstić information content (AvgIpc) is 3.26. The lowest BCUT2D eigenvalue weighted by Gasteiger charge is -2.19. The first-order chi connectivity index (χ1) is 10.7. The average molecular weight is 297 g/mol. The Hall–Kier alpha value is -2.10. The summed E-state index contributed by atoms with van der Waals surface area (Å²) in [7, 11) is 0. The van der Waals surface area contributed by atoms with E-state index in [1.807, 2.05) is 24.3 Å². The van der Waals surface area contributed by atoms with E-state index in [-0.39, 0.29) is 24.4 Å². The quantitative estimate of drug-likeness (QED) is 0.635. The van der Waals surface area contributed by atoms with E-state index in [0.29, 0.717) is 18.4 Å². The second-order valence-corrected chi connectivity index (χ2v) is 6.42. The topological polar surface area (TPSA) is 46.6 Å². The number of anilines is 1. The second kappa shape index (κ2) is 5.27. The molecule has 1 aromatic carbocycles. The van der Waals surface area contributed by atoms with E-state index in [2.05, 4.69) is 12.2 Å². The molecule has 22 heavy (non-hydrogen) atoms. The van der Waals surface area contributed by atoms with Crippen LogP contribution in [0.25, 0.3) is 0 Å². The van der Waals surface area contributed by atoms with Crippen molar-refractivity contribution in [3.63, 3.8) is 0 Å². The molecule has 3 aliphatic rings. The summed E-state index contributed by atoms with van der Waals surface area (Å²) in [6.45, 7) is 0.525. The molecular formula is C18H19NO3. The molecule has 2 bridgehead atoms. The molecule has 0 aromatic heterocycles. The van der Waals surface area contributed by atoms with Crippen LogP contribution in [-0.2, 0) is 20.7 Å². The van der Waals surface area contributed by atoms with E-state index in [4.69, 9.17) is 4.74 Å². The first-order valence-corrected chi connectivity index (χ1v) is 7.95. The summed E-state index contributed by atoms with van der Waals surface area (Å²) in [6.07, 6.45) is 7.13. The zero-order valence-electron chi connectivity index (χ0n) is 12.4. The number of rotatable bonds is 3. The Balaban J connectivity index is 1.35. The predicted octanol–water partition coefficient (Wildman–Crippen LogP) is 2.33. The molecule has 0 radical (unpaired) electrons. The number of carbonyl (C=O) groups excluding carboxylic acids is 2. The van der Waals surface area contributed by atoms with Crippen LogP contribution in [0.5, 0.6) is 0 Å². The summed E-state index contributed by atoms with van der Waals surface area (Å²) in [6, 6.07) is 7.90. The molecule has 3 atom stereocenters. The lowest BCUT2D eigenvalue weighted by molar-refractivity contribution is -0.152. The van der Waals surface area contributed by atoms with E-state index in [0.717, 1.165) is 24.9 Å². The molecule has 1 amide bonds. The van der Waals surface area contributed by atoms with E-state index >= 15 is 0 Å². The van der Waals surface area contributed by atoms with Crippen LogP contribution in [0.15, 0.2) is 36.4 Å². The second-order valence-electron chi connectivity index (χ2n) is 6.42. The van der Waals surface area contributed by atoms with Gasteiger partial charge in [-0.15, -0.1) is 0 Å². The summed E-state index contributed by atoms with van der Waals surface area (Å²) in [5.74, 6) is 0.465. The summed E-state index contributed by atoms with van der Waals surface area (Å²) in [4.78, 5) is 26.2. The third kappa shape index (κ3) is 2.23. The summed E-state index contributed by atoms with van der Waals surface area (Å²) < 4.78 is 5.30. The van der Waals surface area contributed by atoms with E-state index in [9.17, 15) is 9.59 Å². The predicted molar refractivity (Wildman–Crippen MR) is 82.3 cm³/mol. The number of hydrogen-bond acceptors (Lipinski definition) is 3. The normalized spacial score (nSPS) is 28.0. The Kier molecular flexibility index (Phi) is 3.25. The molecule has 0 saturated heterocycles. The minimum absolute atomic E-state index is 0.0475. The van der Waals surface area contributed by atoms with Crippen LogP contribution in [-0.4, -0.2) is 25.0 Å². The highest BCUT2D eigenvalue weighted by molar-refractivity contribution is 5.97. The number of benzene rings is 1. The number of carbonyl (C=O) groups is 2. The molecule has 1 heterocycles. The third-order valence-corrected chi connectivity index (χ3v) is 5.11. The Morgan fingerprint density at radius 3 is 2.82 bits per heavy atom. The molecule has 1 aliphatic heterocycles. The van der Waals surface area contributed by atoms with Crippen molar-refractivity contribution in [2.45, 2.75) is 19.3 Å². The molecule has 114 valence electrons. The molecule has 1 aromatic rings. The number of para-hydroxylation sites is 1. The minimum Gasteiger partial charge on any atom is -0.455 e. The van der Waals surface area contributed by atoms with Crippen LogP contribution in [0.1, 0.15) is 18.4 Å². The van der Waals surface area contributed by atoms with E-state index in [1.54, 1.807) is 4.90 Å². The van der Waals surface area contributed by atoms with Crippen molar-refractivity contribution < 1.29 is 14.3 Å². The fourth-order valence-electron chi connectivity index (χ4n) is 3.97. The Morgan fingerprint density at radius 1 is 1.18 bits per heavy atom. The molecule has 4 heteroatoms. The smallest absolute Gasteiger partial charge is 0.310 e. The number of hydrogen-bond donors (Lipinski definition) is 0. The number of allylic oxidation sites excluding steroid dienone is 2. The van der Waals surface area contributed by atoms with Gasteiger partial charge in [0.05, 0.1) is 5.92 Å². The fourth-order valence-corrected chi connectivity index (χ4v) is 3.97. The monoisotopic (exact) mass is 297 g/mol. The van der Waals surface area contributed by atoms with Crippen LogP contribution in [0, 0.1) is 17.8 Å². The van der Waals surface area contributed by atoms with Crippen LogP contribution >= 0.6 is 0 Å². The van der Waals surface area contributed by atoms with Gasteiger partial charge in [0.15, 0.2) is 6.61 Å². The molecule has 4 nitrogen and oxygen atoms in total. The van der Waals surface area contributed by atoms with Crippen molar-refractivity contribution in [1.82, 2.24) is 0 Å². The SMILES string of the molecule is O=C(OCC(=O)N1CCc2ccccc21)C1CC2C=CC1C2. The molecular weight excluding hydrogens is 278 g/mol. The van der Waals surface area contributed by atoms with Gasteiger partial charge in [-0.25, -0.2) is 0 Å². The molecule has 0 N–H and O–H groups in total. The third-order valence-electron chi connectivity index (χ3n) is 5.11. The van der Waals surface area contributed by atoms with Gasteiger partial charge in [-0.05, 0) is 42.7 Å². The van der Waals surface area contributed by atoms with Crippen molar-refractivity contribution in [3.05, 3.63) is 42.0 Å². The number of fused-ring (bicyclic) bond motifs is 3. The van der Waals surface area contributed by atoms with Gasteiger partial charge in [0.25, 0.3) is 5.91 Å². The lowest BCUT2D eigenvalue weighted by Crippen LogP contribution is -2.34. The first-order valence-electron chi connectivity index (χ1n) is 7.95. The Labute approximate surface area is 129 Å². The maximum atomic E-state index is 12.3. The zero-order chi connectivity index (χ0) is 15.1. The molecule has 1 fully saturated rings. The van der Waals surface area contributed by atoms with Gasteiger partial charge in [0.2, 0.25) is 0 Å². The molecule has 2 aliphatic carbocycles. The number of nitrogens with zero attached hydrogens (tertiary/aromatic N) is 1. The van der Waals surface area contributed by atoms with E-state index < -0.39 is 0 Å². The largest absolute Gasteiger partial charge is 0.455 e. The zero-order valence-corrected chi connectivity index (χ0v) is 12.4. The van der Waals surface area contributed by atoms with Gasteiger partial charge in [-0.3, -0.25) is 9.59 Å². The Morgan fingerprint density at radius 2 is 2.05 bits per heavy atom. The van der Waals surface area contributed by atoms with Crippen LogP contribution < -0.4 is 4.90 Å². The maximum Gasteiger partial charge on any atom is 0.310 e. The van der Waals surface area contributed by atoms with Crippen molar-refractivity contribution in [1.29, 1.82) is 0 Å². The van der Waals surface area contributed by atoms with Gasteiger partial charge in [-0.2, -0.15) is 0 Å². The molecule has 4 rings (SSSR count). The summed E-state index contributed by atoms with van der Waals surface area (Å²) in [5.41, 5.74) is 2.13. The number of esters is 1. The van der Waals surface area contributed by atoms with Gasteiger partial charge in [-0.1, -0.05) is 30.4 Å². The minimum atomic E-state index is -0.210. The van der Waals surface area contributed by atoms with Gasteiger partial charge < -0.3 is 9.64 Å². The van der Waals surface area contributed by atoms with Crippen LogP contribution in [0.3, 0.4) is 0 Å². The van der Waals surface area contributed by atoms with Crippen LogP contribution in [0.2, 0.25) is 0 Å². The highest BCUT2D eigenvalue weighted by Gasteiger charge is 2.41. The lowest BCUT2D eigenvalue weighted by atomic mass is 9.94. The first kappa shape index (κ1) is 13.6. The number of ether oxygens (including phenoxy) is 1. The highest BCUT2D eigenvalue weighted by atomic mass is 16.5. The van der Waals surface area contributed by atoms with Gasteiger partial charge in [0.1, 0.15) is 0 Å². The molecule has 1 saturated carbocycles. The van der Waals surface area contributed by atoms with Crippen LogP contribution in [0.4, 0.5) is 5.69 Å². The molecule has 0 spiro atoms. The molecule has 3 unspecified atom stereocenters. The van der Waals surface area contributed by atoms with Crippen molar-refractivity contribution in [2.24, 2.45) is 17.8 Å². The van der Waals surface area contributed by atoms with Crippen molar-refractivity contribution in [2.75, 3.05) is 18.1 Å². The fraction of sp³-hybridized carbons (Fsp3) is 0.444.